The van der Waals surface area contributed by atoms with Gasteiger partial charge in [-0.2, -0.15) is 0 Å². The number of phenolic OH excluding ortho intramolecular Hbond substituents is 1. The number of hydrogen-bond acceptors (Lipinski definition) is 9. The Morgan fingerprint density at radius 2 is 1.71 bits per heavy atom. The number of methoxy groups -OCH3 is 2. The fraction of sp³-hybridized carbons (Fsp3) is 0.444. The SMILES string of the molecule is CCOP(=O)(OCC)C(CNc1cnccn1)c1cc(OC)c(O)c(OC)c1. The summed E-state index contributed by atoms with van der Waals surface area (Å²) in [6.45, 7) is 4.11. The summed E-state index contributed by atoms with van der Waals surface area (Å²) in [5.74, 6) is 0.763. The second kappa shape index (κ2) is 10.3. The maximum atomic E-state index is 13.6. The Hall–Kier alpha value is -2.35. The summed E-state index contributed by atoms with van der Waals surface area (Å²) in [5.41, 5.74) is -0.147. The standard InChI is InChI=1S/C18H26N3O6P/c1-5-26-28(23,27-6-2)16(11-21-17-12-19-7-8-20-17)13-9-14(24-3)18(22)15(10-13)25-4/h7-10,12,16,22H,5-6,11H2,1-4H3,(H,20,21). The van der Waals surface area contributed by atoms with Crippen LogP contribution in [0, 0.1) is 0 Å². The zero-order chi connectivity index (χ0) is 20.6. The van der Waals surface area contributed by atoms with Gasteiger partial charge in [-0.15, -0.1) is 0 Å². The molecule has 0 saturated heterocycles. The van der Waals surface area contributed by atoms with E-state index in [1.165, 1.54) is 14.2 Å². The van der Waals surface area contributed by atoms with Crippen molar-refractivity contribution in [2.45, 2.75) is 19.5 Å². The summed E-state index contributed by atoms with van der Waals surface area (Å²) in [4.78, 5) is 8.17. The molecular weight excluding hydrogens is 385 g/mol. The second-order valence-corrected chi connectivity index (χ2v) is 7.86. The fourth-order valence-electron chi connectivity index (χ4n) is 2.69. The summed E-state index contributed by atoms with van der Waals surface area (Å²) >= 11 is 0. The lowest BCUT2D eigenvalue weighted by atomic mass is 10.1. The van der Waals surface area contributed by atoms with Gasteiger partial charge < -0.3 is 28.9 Å². The van der Waals surface area contributed by atoms with Crippen molar-refractivity contribution < 1.29 is 28.2 Å². The third kappa shape index (κ3) is 5.13. The van der Waals surface area contributed by atoms with E-state index in [0.29, 0.717) is 11.4 Å². The van der Waals surface area contributed by atoms with E-state index < -0.39 is 13.3 Å². The fourth-order valence-corrected chi connectivity index (χ4v) is 4.67. The summed E-state index contributed by atoms with van der Waals surface area (Å²) in [6, 6.07) is 3.18. The molecule has 0 fully saturated rings. The molecule has 0 aliphatic rings. The Kier molecular flexibility index (Phi) is 8.04. The third-order valence-electron chi connectivity index (χ3n) is 3.93. The minimum atomic E-state index is -3.57. The monoisotopic (exact) mass is 411 g/mol. The molecule has 2 rings (SSSR count). The van der Waals surface area contributed by atoms with Gasteiger partial charge in [-0.3, -0.25) is 9.55 Å². The van der Waals surface area contributed by atoms with Crippen LogP contribution in [0.4, 0.5) is 5.82 Å². The molecule has 0 aliphatic heterocycles. The van der Waals surface area contributed by atoms with Crippen molar-refractivity contribution in [2.24, 2.45) is 0 Å². The first-order valence-corrected chi connectivity index (χ1v) is 10.4. The molecule has 10 heteroatoms. The first-order chi connectivity index (χ1) is 13.5. The van der Waals surface area contributed by atoms with Crippen LogP contribution in [0.1, 0.15) is 25.1 Å². The Labute approximate surface area is 164 Å². The van der Waals surface area contributed by atoms with Crippen LogP contribution in [0.3, 0.4) is 0 Å². The first-order valence-electron chi connectivity index (χ1n) is 8.82. The summed E-state index contributed by atoms with van der Waals surface area (Å²) in [5, 5.41) is 13.3. The topological polar surface area (TPSA) is 112 Å². The van der Waals surface area contributed by atoms with Crippen LogP contribution in [0.2, 0.25) is 0 Å². The molecule has 1 unspecified atom stereocenters. The number of ether oxygens (including phenoxy) is 2. The second-order valence-electron chi connectivity index (χ2n) is 5.64. The van der Waals surface area contributed by atoms with Crippen molar-refractivity contribution in [1.82, 2.24) is 9.97 Å². The van der Waals surface area contributed by atoms with E-state index in [-0.39, 0.29) is 37.0 Å². The Balaban J connectivity index is 2.49. The molecule has 2 aromatic rings. The molecule has 0 bridgehead atoms. The van der Waals surface area contributed by atoms with Crippen molar-refractivity contribution in [2.75, 3.05) is 39.3 Å². The van der Waals surface area contributed by atoms with Crippen molar-refractivity contribution in [3.63, 3.8) is 0 Å². The minimum Gasteiger partial charge on any atom is -0.502 e. The Morgan fingerprint density at radius 1 is 1.11 bits per heavy atom. The van der Waals surface area contributed by atoms with E-state index in [4.69, 9.17) is 18.5 Å². The largest absolute Gasteiger partial charge is 0.502 e. The number of anilines is 1. The number of nitrogens with one attached hydrogen (secondary N) is 1. The lowest BCUT2D eigenvalue weighted by Crippen LogP contribution is -2.17. The van der Waals surface area contributed by atoms with Crippen LogP contribution in [-0.4, -0.2) is 49.1 Å². The molecule has 1 heterocycles. The average Bonchev–Trinajstić information content (AvgIpc) is 2.70. The smallest absolute Gasteiger partial charge is 0.339 e. The van der Waals surface area contributed by atoms with Crippen molar-refractivity contribution in [3.05, 3.63) is 36.3 Å². The highest BCUT2D eigenvalue weighted by molar-refractivity contribution is 7.54. The van der Waals surface area contributed by atoms with Crippen LogP contribution in [0.25, 0.3) is 0 Å². The molecule has 28 heavy (non-hydrogen) atoms. The maximum Gasteiger partial charge on any atom is 0.339 e. The van der Waals surface area contributed by atoms with Gasteiger partial charge in [-0.1, -0.05) is 0 Å². The molecule has 0 saturated carbocycles. The van der Waals surface area contributed by atoms with E-state index in [1.54, 1.807) is 44.6 Å². The van der Waals surface area contributed by atoms with Gasteiger partial charge in [0, 0.05) is 18.9 Å². The van der Waals surface area contributed by atoms with E-state index >= 15 is 0 Å². The zero-order valence-corrected chi connectivity index (χ0v) is 17.3. The lowest BCUT2D eigenvalue weighted by Gasteiger charge is -2.27. The predicted octanol–water partition coefficient (Wildman–Crippen LogP) is 3.62. The van der Waals surface area contributed by atoms with Gasteiger partial charge in [-0.05, 0) is 31.5 Å². The van der Waals surface area contributed by atoms with Crippen molar-refractivity contribution in [1.29, 1.82) is 0 Å². The number of aromatic nitrogens is 2. The van der Waals surface area contributed by atoms with Gasteiger partial charge in [0.25, 0.3) is 0 Å². The summed E-state index contributed by atoms with van der Waals surface area (Å²) < 4.78 is 35.1. The molecule has 2 N–H and O–H groups in total. The minimum absolute atomic E-state index is 0.142. The molecule has 0 amide bonds. The number of aromatic hydroxyl groups is 1. The Bertz CT molecular complexity index is 770. The highest BCUT2D eigenvalue weighted by Gasteiger charge is 2.38. The normalized spacial score (nSPS) is 12.4. The van der Waals surface area contributed by atoms with Gasteiger partial charge in [0.1, 0.15) is 11.5 Å². The molecule has 154 valence electrons. The molecule has 1 atom stereocenters. The molecule has 1 aromatic heterocycles. The van der Waals surface area contributed by atoms with Crippen LogP contribution < -0.4 is 14.8 Å². The number of hydrogen-bond donors (Lipinski definition) is 2. The number of nitrogens with zero attached hydrogens (tertiary/aromatic N) is 2. The van der Waals surface area contributed by atoms with Crippen LogP contribution in [0.15, 0.2) is 30.7 Å². The summed E-state index contributed by atoms with van der Waals surface area (Å²) in [6.07, 6.45) is 4.67. The van der Waals surface area contributed by atoms with Crippen LogP contribution in [-0.2, 0) is 13.6 Å². The van der Waals surface area contributed by atoms with Gasteiger partial charge in [-0.25, -0.2) is 4.98 Å². The van der Waals surface area contributed by atoms with Crippen LogP contribution in [0.5, 0.6) is 17.2 Å². The highest BCUT2D eigenvalue weighted by atomic mass is 31.2. The van der Waals surface area contributed by atoms with Gasteiger partial charge >= 0.3 is 7.60 Å². The highest BCUT2D eigenvalue weighted by Crippen LogP contribution is 2.61. The van der Waals surface area contributed by atoms with E-state index in [2.05, 4.69) is 15.3 Å². The molecular formula is C18H26N3O6P. The number of rotatable bonds is 11. The first kappa shape index (κ1) is 21.9. The molecule has 9 nitrogen and oxygen atoms in total. The number of phenols is 1. The van der Waals surface area contributed by atoms with Gasteiger partial charge in [0.05, 0.1) is 33.6 Å². The predicted molar refractivity (Wildman–Crippen MR) is 105 cm³/mol. The average molecular weight is 411 g/mol. The van der Waals surface area contributed by atoms with Gasteiger partial charge in [0.15, 0.2) is 11.5 Å². The molecule has 0 spiro atoms. The van der Waals surface area contributed by atoms with Crippen molar-refractivity contribution in [3.8, 4) is 17.2 Å². The third-order valence-corrected chi connectivity index (χ3v) is 6.41. The zero-order valence-electron chi connectivity index (χ0n) is 16.4. The molecule has 0 aliphatic carbocycles. The summed E-state index contributed by atoms with van der Waals surface area (Å²) in [7, 11) is -0.715. The van der Waals surface area contributed by atoms with Crippen LogP contribution >= 0.6 is 7.60 Å². The molecule has 0 radical (unpaired) electrons. The van der Waals surface area contributed by atoms with Gasteiger partial charge in [0.2, 0.25) is 5.75 Å². The van der Waals surface area contributed by atoms with E-state index in [9.17, 15) is 9.67 Å². The molecule has 1 aromatic carbocycles. The maximum absolute atomic E-state index is 13.6. The van der Waals surface area contributed by atoms with E-state index in [0.717, 1.165) is 0 Å². The number of benzene rings is 1. The van der Waals surface area contributed by atoms with Crippen molar-refractivity contribution >= 4 is 13.4 Å². The quantitative estimate of drug-likeness (QED) is 0.535. The lowest BCUT2D eigenvalue weighted by molar-refractivity contribution is 0.212. The Morgan fingerprint density at radius 3 is 2.18 bits per heavy atom. The van der Waals surface area contributed by atoms with E-state index in [1.807, 2.05) is 0 Å².